The van der Waals surface area contributed by atoms with Crippen molar-refractivity contribution in [1.82, 2.24) is 9.78 Å². The molecular weight excluding hydrogens is 196 g/mol. The van der Waals surface area contributed by atoms with Crippen LogP contribution in [0.5, 0.6) is 0 Å². The van der Waals surface area contributed by atoms with Crippen molar-refractivity contribution in [2.45, 2.75) is 32.1 Å². The highest BCUT2D eigenvalue weighted by Crippen LogP contribution is 2.38. The SMILES string of the molecule is c1ccc2c3n(nc2c1)C1=C(CCCC1)C3. The molecule has 0 radical (unpaired) electrons. The molecular formula is C14H14N2. The Labute approximate surface area is 94.6 Å². The second kappa shape index (κ2) is 2.97. The smallest absolute Gasteiger partial charge is 0.0930 e. The predicted molar refractivity (Wildman–Crippen MR) is 65.1 cm³/mol. The molecule has 0 saturated heterocycles. The van der Waals surface area contributed by atoms with Gasteiger partial charge in [-0.05, 0) is 37.3 Å². The van der Waals surface area contributed by atoms with Gasteiger partial charge in [0, 0.05) is 17.5 Å². The zero-order valence-electron chi connectivity index (χ0n) is 9.24. The summed E-state index contributed by atoms with van der Waals surface area (Å²) in [4.78, 5) is 0. The van der Waals surface area contributed by atoms with Gasteiger partial charge in [0.05, 0.1) is 11.2 Å². The first-order chi connectivity index (χ1) is 7.93. The van der Waals surface area contributed by atoms with Crippen LogP contribution in [-0.2, 0) is 6.42 Å². The fourth-order valence-electron chi connectivity index (χ4n) is 3.08. The summed E-state index contributed by atoms with van der Waals surface area (Å²) >= 11 is 0. The van der Waals surface area contributed by atoms with Crippen LogP contribution in [0.25, 0.3) is 16.6 Å². The lowest BCUT2D eigenvalue weighted by Crippen LogP contribution is -2.01. The molecule has 0 unspecified atom stereocenters. The van der Waals surface area contributed by atoms with E-state index in [1.807, 2.05) is 0 Å². The molecule has 2 nitrogen and oxygen atoms in total. The minimum absolute atomic E-state index is 1.13. The molecule has 1 aliphatic carbocycles. The number of hydrogen-bond acceptors (Lipinski definition) is 1. The van der Waals surface area contributed by atoms with E-state index >= 15 is 0 Å². The van der Waals surface area contributed by atoms with Gasteiger partial charge in [-0.25, -0.2) is 4.68 Å². The minimum atomic E-state index is 1.13. The van der Waals surface area contributed by atoms with E-state index in [0.29, 0.717) is 0 Å². The fourth-order valence-corrected chi connectivity index (χ4v) is 3.08. The third-order valence-electron chi connectivity index (χ3n) is 3.87. The van der Waals surface area contributed by atoms with Gasteiger partial charge in [-0.1, -0.05) is 18.2 Å². The van der Waals surface area contributed by atoms with Gasteiger partial charge in [0.2, 0.25) is 0 Å². The second-order valence-electron chi connectivity index (χ2n) is 4.81. The lowest BCUT2D eigenvalue weighted by atomic mass is 9.95. The van der Waals surface area contributed by atoms with Crippen LogP contribution >= 0.6 is 0 Å². The second-order valence-corrected chi connectivity index (χ2v) is 4.81. The van der Waals surface area contributed by atoms with Gasteiger partial charge in [-0.2, -0.15) is 5.10 Å². The van der Waals surface area contributed by atoms with Crippen LogP contribution in [0.3, 0.4) is 0 Å². The Kier molecular flexibility index (Phi) is 1.59. The maximum absolute atomic E-state index is 4.74. The zero-order chi connectivity index (χ0) is 10.5. The quantitative estimate of drug-likeness (QED) is 0.651. The Morgan fingerprint density at radius 2 is 1.94 bits per heavy atom. The van der Waals surface area contributed by atoms with Crippen LogP contribution in [0.1, 0.15) is 31.4 Å². The summed E-state index contributed by atoms with van der Waals surface area (Å²) in [6.07, 6.45) is 6.33. The van der Waals surface area contributed by atoms with Crippen molar-refractivity contribution in [3.05, 3.63) is 35.5 Å². The summed E-state index contributed by atoms with van der Waals surface area (Å²) in [6.45, 7) is 0. The Morgan fingerprint density at radius 1 is 1.06 bits per heavy atom. The average Bonchev–Trinajstić information content (AvgIpc) is 2.85. The average molecular weight is 210 g/mol. The van der Waals surface area contributed by atoms with E-state index in [0.717, 1.165) is 11.9 Å². The molecule has 80 valence electrons. The molecule has 2 aromatic rings. The number of allylic oxidation sites excluding steroid dienone is 2. The normalized spacial score (nSPS) is 19.0. The molecule has 1 aliphatic heterocycles. The number of rotatable bonds is 0. The van der Waals surface area contributed by atoms with E-state index in [-0.39, 0.29) is 0 Å². The van der Waals surface area contributed by atoms with Gasteiger partial charge in [0.15, 0.2) is 0 Å². The molecule has 0 atom stereocenters. The maximum Gasteiger partial charge on any atom is 0.0930 e. The first-order valence-electron chi connectivity index (χ1n) is 6.11. The minimum Gasteiger partial charge on any atom is -0.240 e. The maximum atomic E-state index is 4.74. The summed E-state index contributed by atoms with van der Waals surface area (Å²) in [5.41, 5.74) is 5.70. The van der Waals surface area contributed by atoms with Crippen molar-refractivity contribution >= 4 is 16.6 Å². The lowest BCUT2D eigenvalue weighted by Gasteiger charge is -2.13. The topological polar surface area (TPSA) is 17.8 Å². The number of nitrogens with zero attached hydrogens (tertiary/aromatic N) is 2. The highest BCUT2D eigenvalue weighted by atomic mass is 15.3. The summed E-state index contributed by atoms with van der Waals surface area (Å²) in [5.74, 6) is 0. The van der Waals surface area contributed by atoms with Gasteiger partial charge in [0.25, 0.3) is 0 Å². The molecule has 2 heteroatoms. The van der Waals surface area contributed by atoms with Gasteiger partial charge in [0.1, 0.15) is 0 Å². The van der Waals surface area contributed by atoms with Gasteiger partial charge >= 0.3 is 0 Å². The van der Waals surface area contributed by atoms with Crippen LogP contribution in [0, 0.1) is 0 Å². The van der Waals surface area contributed by atoms with Gasteiger partial charge < -0.3 is 0 Å². The molecule has 1 aromatic carbocycles. The monoisotopic (exact) mass is 210 g/mol. The van der Waals surface area contributed by atoms with E-state index in [1.165, 1.54) is 42.5 Å². The molecule has 0 fully saturated rings. The molecule has 2 aliphatic rings. The van der Waals surface area contributed by atoms with Crippen molar-refractivity contribution in [3.8, 4) is 0 Å². The first-order valence-corrected chi connectivity index (χ1v) is 6.11. The van der Waals surface area contributed by atoms with Gasteiger partial charge in [-0.15, -0.1) is 0 Å². The summed E-state index contributed by atoms with van der Waals surface area (Å²) in [5, 5.41) is 6.08. The van der Waals surface area contributed by atoms with Crippen molar-refractivity contribution in [1.29, 1.82) is 0 Å². The van der Waals surface area contributed by atoms with Crippen molar-refractivity contribution in [3.63, 3.8) is 0 Å². The molecule has 0 bridgehead atoms. The number of benzene rings is 1. The van der Waals surface area contributed by atoms with Crippen LogP contribution in [-0.4, -0.2) is 9.78 Å². The van der Waals surface area contributed by atoms with Crippen molar-refractivity contribution < 1.29 is 0 Å². The first kappa shape index (κ1) is 8.57. The van der Waals surface area contributed by atoms with E-state index in [9.17, 15) is 0 Å². The highest BCUT2D eigenvalue weighted by molar-refractivity contribution is 5.85. The van der Waals surface area contributed by atoms with Crippen molar-refractivity contribution in [2.24, 2.45) is 0 Å². The molecule has 0 amide bonds. The van der Waals surface area contributed by atoms with Crippen LogP contribution < -0.4 is 0 Å². The summed E-state index contributed by atoms with van der Waals surface area (Å²) < 4.78 is 2.22. The summed E-state index contributed by atoms with van der Waals surface area (Å²) in [6, 6.07) is 8.50. The number of hydrogen-bond donors (Lipinski definition) is 0. The molecule has 4 rings (SSSR count). The molecule has 0 saturated carbocycles. The lowest BCUT2D eigenvalue weighted by molar-refractivity contribution is 0.691. The predicted octanol–water partition coefficient (Wildman–Crippen LogP) is 3.38. The highest BCUT2D eigenvalue weighted by Gasteiger charge is 2.26. The molecule has 2 heterocycles. The van der Waals surface area contributed by atoms with E-state index in [4.69, 9.17) is 5.10 Å². The van der Waals surface area contributed by atoms with Gasteiger partial charge in [-0.3, -0.25) is 0 Å². The number of fused-ring (bicyclic) bond motifs is 4. The molecule has 16 heavy (non-hydrogen) atoms. The van der Waals surface area contributed by atoms with Crippen LogP contribution in [0.15, 0.2) is 29.8 Å². The summed E-state index contributed by atoms with van der Waals surface area (Å²) in [7, 11) is 0. The van der Waals surface area contributed by atoms with Crippen LogP contribution in [0.2, 0.25) is 0 Å². The van der Waals surface area contributed by atoms with E-state index < -0.39 is 0 Å². The Bertz CT molecular complexity index is 604. The Balaban J connectivity index is 1.99. The Hall–Kier alpha value is -1.57. The standard InChI is InChI=1S/C14H14N2/c1-4-8-13-10(5-1)9-14-11-6-2-3-7-12(11)15-16(13)14/h2-3,6-7H,1,4-5,8-9H2. The fraction of sp³-hybridized carbons (Fsp3) is 0.357. The molecule has 1 aromatic heterocycles. The van der Waals surface area contributed by atoms with Crippen LogP contribution in [0.4, 0.5) is 0 Å². The van der Waals surface area contributed by atoms with E-state index in [2.05, 4.69) is 28.9 Å². The zero-order valence-corrected chi connectivity index (χ0v) is 9.24. The third-order valence-corrected chi connectivity index (χ3v) is 3.87. The van der Waals surface area contributed by atoms with Crippen molar-refractivity contribution in [2.75, 3.05) is 0 Å². The van der Waals surface area contributed by atoms with E-state index in [1.54, 1.807) is 5.57 Å². The Morgan fingerprint density at radius 3 is 2.94 bits per heavy atom. The third kappa shape index (κ3) is 0.993. The largest absolute Gasteiger partial charge is 0.240 e. The molecule has 0 N–H and O–H groups in total. The molecule has 0 spiro atoms. The number of aromatic nitrogens is 2.